The van der Waals surface area contributed by atoms with Gasteiger partial charge in [0, 0.05) is 0 Å². The van der Waals surface area contributed by atoms with Gasteiger partial charge >= 0.3 is 45.6 Å². The fraction of sp³-hybridized carbons (Fsp3) is 0.909. The molecule has 65 heavy (non-hydrogen) atoms. The minimum Gasteiger partial charge on any atom is -0.542 e. The van der Waals surface area contributed by atoms with Gasteiger partial charge in [-0.05, 0) is 77.0 Å². The van der Waals surface area contributed by atoms with Crippen molar-refractivity contribution in [2.75, 3.05) is 79.3 Å². The Balaban J connectivity index is -0.000000245. The van der Waals surface area contributed by atoms with Crippen LogP contribution in [0.4, 0.5) is 0 Å². The van der Waals surface area contributed by atoms with Crippen molar-refractivity contribution in [3.63, 3.8) is 0 Å². The SMILES string of the molecule is CCCOC(OCCC)(OCCC)C(=O)[O-].CCCOC(OCCC)(OCCC)C(=O)[O-].CCCOC(OCCC)(OCCC)C(=O)[O-].CCCOC(OCCC)(OCCC)C(=O)[O-].[Ti+4]. The molecule has 0 bridgehead atoms. The van der Waals surface area contributed by atoms with E-state index in [0.29, 0.717) is 77.0 Å². The number of aliphatic carboxylic acids is 4. The topological polar surface area (TPSA) is 271 Å². The van der Waals surface area contributed by atoms with Crippen LogP contribution in [0.2, 0.25) is 0 Å². The van der Waals surface area contributed by atoms with Crippen molar-refractivity contribution in [2.45, 2.75) is 184 Å². The van der Waals surface area contributed by atoms with Gasteiger partial charge in [-0.3, -0.25) is 0 Å². The second-order valence-corrected chi connectivity index (χ2v) is 13.6. The van der Waals surface area contributed by atoms with Gasteiger partial charge < -0.3 is 96.4 Å². The van der Waals surface area contributed by atoms with Crippen LogP contribution < -0.4 is 20.4 Å². The van der Waals surface area contributed by atoms with E-state index < -0.39 is 47.8 Å². The van der Waals surface area contributed by atoms with Gasteiger partial charge in [0.15, 0.2) is 0 Å². The van der Waals surface area contributed by atoms with Crippen LogP contribution in [0.3, 0.4) is 0 Å². The molecule has 21 heteroatoms. The van der Waals surface area contributed by atoms with Gasteiger partial charge in [0.25, 0.3) is 0 Å². The van der Waals surface area contributed by atoms with Crippen molar-refractivity contribution in [1.29, 1.82) is 0 Å². The van der Waals surface area contributed by atoms with E-state index in [1.165, 1.54) is 0 Å². The summed E-state index contributed by atoms with van der Waals surface area (Å²) < 4.78 is 61.7. The normalized spacial score (nSPS) is 11.5. The number of carbonyl (C=O) groups is 4. The summed E-state index contributed by atoms with van der Waals surface area (Å²) in [5, 5.41) is 44.2. The average molecular weight is 981 g/mol. The predicted octanol–water partition coefficient (Wildman–Crippen LogP) is 2.68. The molecule has 0 aromatic rings. The first-order valence-corrected chi connectivity index (χ1v) is 23.0. The minimum absolute atomic E-state index is 0. The molecule has 0 spiro atoms. The van der Waals surface area contributed by atoms with E-state index in [-0.39, 0.29) is 101 Å². The van der Waals surface area contributed by atoms with Gasteiger partial charge in [-0.15, -0.1) is 0 Å². The van der Waals surface area contributed by atoms with Crippen molar-refractivity contribution < 1.29 is 118 Å². The van der Waals surface area contributed by atoms with E-state index in [0.717, 1.165) is 0 Å². The second kappa shape index (κ2) is 47.2. The standard InChI is InChI=1S/4C11H22O5.Ti/c4*1-4-7-14-11(10(12)13,15-8-5-2)16-9-6-3;/h4*4-9H2,1-3H3,(H,12,13);/q;;;;+4/p-4. The van der Waals surface area contributed by atoms with E-state index in [4.69, 9.17) is 56.8 Å². The van der Waals surface area contributed by atoms with Gasteiger partial charge in [0.05, 0.1) is 79.3 Å². The van der Waals surface area contributed by atoms with Crippen molar-refractivity contribution in [1.82, 2.24) is 0 Å². The maximum Gasteiger partial charge on any atom is 4.00 e. The molecular formula is C44H84O20Ti. The third-order valence-corrected chi connectivity index (χ3v) is 6.95. The van der Waals surface area contributed by atoms with Crippen LogP contribution in [0.15, 0.2) is 0 Å². The maximum atomic E-state index is 11.1. The number of carboxylic acids is 4. The van der Waals surface area contributed by atoms with Crippen LogP contribution in [-0.2, 0) is 97.7 Å². The first-order valence-electron chi connectivity index (χ1n) is 23.0. The monoisotopic (exact) mass is 981 g/mol. The molecular weight excluding hydrogens is 896 g/mol. The molecule has 0 fully saturated rings. The van der Waals surface area contributed by atoms with Crippen LogP contribution in [0, 0.1) is 0 Å². The Morgan fingerprint density at radius 1 is 0.246 bits per heavy atom. The number of carbonyl (C=O) groups excluding carboxylic acids is 4. The summed E-state index contributed by atoms with van der Waals surface area (Å²) in [6.07, 6.45) is 8.17. The summed E-state index contributed by atoms with van der Waals surface area (Å²) in [5.74, 6) is -14.1. The zero-order chi connectivity index (χ0) is 49.8. The molecule has 0 aliphatic heterocycles. The van der Waals surface area contributed by atoms with E-state index >= 15 is 0 Å². The molecule has 0 radical (unpaired) electrons. The van der Waals surface area contributed by atoms with Gasteiger partial charge in [0.1, 0.15) is 23.9 Å². The Morgan fingerprint density at radius 3 is 0.369 bits per heavy atom. The smallest absolute Gasteiger partial charge is 0.542 e. The molecule has 0 atom stereocenters. The van der Waals surface area contributed by atoms with Crippen LogP contribution in [0.1, 0.15) is 160 Å². The molecule has 0 aromatic carbocycles. The minimum atomic E-state index is -2.04. The van der Waals surface area contributed by atoms with Crippen molar-refractivity contribution in [3.05, 3.63) is 0 Å². The Kier molecular flexibility index (Phi) is 52.3. The fourth-order valence-corrected chi connectivity index (χ4v) is 4.04. The van der Waals surface area contributed by atoms with Crippen molar-refractivity contribution in [3.8, 4) is 0 Å². The molecule has 20 nitrogen and oxygen atoms in total. The summed E-state index contributed by atoms with van der Waals surface area (Å²) in [6.45, 7) is 25.5. The molecule has 0 aliphatic carbocycles. The van der Waals surface area contributed by atoms with Crippen LogP contribution in [0.25, 0.3) is 0 Å². The van der Waals surface area contributed by atoms with Crippen molar-refractivity contribution >= 4 is 23.9 Å². The molecule has 0 aliphatic rings. The zero-order valence-corrected chi connectivity index (χ0v) is 43.2. The molecule has 0 rings (SSSR count). The van der Waals surface area contributed by atoms with Crippen LogP contribution >= 0.6 is 0 Å². The molecule has 0 amide bonds. The first-order chi connectivity index (χ1) is 30.5. The van der Waals surface area contributed by atoms with E-state index in [2.05, 4.69) is 0 Å². The molecule has 0 unspecified atom stereocenters. The van der Waals surface area contributed by atoms with Gasteiger partial charge in [0.2, 0.25) is 0 Å². The summed E-state index contributed by atoms with van der Waals surface area (Å²) in [4.78, 5) is 44.2. The Hall–Kier alpha value is -1.89. The van der Waals surface area contributed by atoms with E-state index in [1.54, 1.807) is 0 Å². The summed E-state index contributed by atoms with van der Waals surface area (Å²) in [5.41, 5.74) is 0. The largest absolute Gasteiger partial charge is 4.00 e. The average Bonchev–Trinajstić information content (AvgIpc) is 3.28. The van der Waals surface area contributed by atoms with Gasteiger partial charge in [-0.1, -0.05) is 83.1 Å². The molecule has 0 heterocycles. The first kappa shape index (κ1) is 72.1. The third kappa shape index (κ3) is 33.3. The maximum absolute atomic E-state index is 11.1. The fourth-order valence-electron chi connectivity index (χ4n) is 4.04. The summed E-state index contributed by atoms with van der Waals surface area (Å²) in [6, 6.07) is 0. The summed E-state index contributed by atoms with van der Waals surface area (Å²) in [7, 11) is 0. The number of ether oxygens (including phenoxy) is 12. The number of hydrogen-bond donors (Lipinski definition) is 0. The summed E-state index contributed by atoms with van der Waals surface area (Å²) >= 11 is 0. The Bertz CT molecular complexity index is 860. The number of rotatable bonds is 40. The Labute approximate surface area is 404 Å². The van der Waals surface area contributed by atoms with E-state index in [9.17, 15) is 39.6 Å². The number of carboxylic acid groups (broad SMARTS) is 4. The van der Waals surface area contributed by atoms with Gasteiger partial charge in [-0.2, -0.15) is 0 Å². The molecule has 384 valence electrons. The molecule has 0 saturated heterocycles. The number of hydrogen-bond acceptors (Lipinski definition) is 20. The third-order valence-electron chi connectivity index (χ3n) is 6.95. The van der Waals surface area contributed by atoms with Gasteiger partial charge in [-0.25, -0.2) is 0 Å². The van der Waals surface area contributed by atoms with Crippen LogP contribution in [0.5, 0.6) is 0 Å². The zero-order valence-electron chi connectivity index (χ0n) is 41.6. The quantitative estimate of drug-likeness (QED) is 0.0631. The van der Waals surface area contributed by atoms with Crippen LogP contribution in [-0.4, -0.2) is 127 Å². The van der Waals surface area contributed by atoms with E-state index in [1.807, 2.05) is 83.1 Å². The Morgan fingerprint density at radius 2 is 0.323 bits per heavy atom. The molecule has 0 N–H and O–H groups in total. The predicted molar refractivity (Wildman–Crippen MR) is 226 cm³/mol. The molecule has 0 saturated carbocycles. The molecule has 0 aromatic heterocycles. The van der Waals surface area contributed by atoms with Crippen molar-refractivity contribution in [2.24, 2.45) is 0 Å². The second-order valence-electron chi connectivity index (χ2n) is 13.6.